The number of carbonyl (C=O) groups is 1. The molecule has 0 radical (unpaired) electrons. The monoisotopic (exact) mass is 377 g/mol. The second-order valence-electron chi connectivity index (χ2n) is 5.96. The molecule has 0 unspecified atom stereocenters. The van der Waals surface area contributed by atoms with Crippen LogP contribution in [0.4, 0.5) is 10.8 Å². The summed E-state index contributed by atoms with van der Waals surface area (Å²) in [5.74, 6) is 0.395. The van der Waals surface area contributed by atoms with E-state index >= 15 is 0 Å². The first-order chi connectivity index (χ1) is 12.1. The number of aromatic nitrogens is 1. The fraction of sp³-hybridized carbons (Fsp3) is 0.412. The summed E-state index contributed by atoms with van der Waals surface area (Å²) in [6.07, 6.45) is 6.23. The van der Waals surface area contributed by atoms with E-state index in [0.29, 0.717) is 27.4 Å². The molecule has 0 aliphatic heterocycles. The third kappa shape index (κ3) is 5.02. The van der Waals surface area contributed by atoms with Gasteiger partial charge in [0, 0.05) is 28.3 Å². The number of nitrogens with one attached hydrogen (secondary N) is 1. The van der Waals surface area contributed by atoms with Gasteiger partial charge < -0.3 is 5.32 Å². The van der Waals surface area contributed by atoms with Gasteiger partial charge in [0.1, 0.15) is 0 Å². The maximum Gasteiger partial charge on any atom is 0.270 e. The van der Waals surface area contributed by atoms with Crippen LogP contribution < -0.4 is 5.32 Å². The van der Waals surface area contributed by atoms with Crippen LogP contribution in [-0.4, -0.2) is 26.8 Å². The molecule has 8 heteroatoms. The van der Waals surface area contributed by atoms with Gasteiger partial charge in [0.05, 0.1) is 16.4 Å². The molecule has 3 rings (SSSR count). The molecule has 6 nitrogen and oxygen atoms in total. The molecule has 1 aromatic heterocycles. The predicted molar refractivity (Wildman–Crippen MR) is 102 cm³/mol. The molecule has 1 N–H and O–H groups in total. The van der Waals surface area contributed by atoms with Crippen LogP contribution in [0.15, 0.2) is 29.6 Å². The lowest BCUT2D eigenvalue weighted by Crippen LogP contribution is -2.17. The SMILES string of the molecule is O=C(CSC1CCCCC1)Nc1nc(-c2cccc([N+](=O)[O-])c2)cs1. The molecule has 1 amide bonds. The molecule has 132 valence electrons. The average molecular weight is 377 g/mol. The topological polar surface area (TPSA) is 85.1 Å². The van der Waals surface area contributed by atoms with Crippen molar-refractivity contribution in [1.29, 1.82) is 0 Å². The Morgan fingerprint density at radius 3 is 2.92 bits per heavy atom. The van der Waals surface area contributed by atoms with E-state index in [9.17, 15) is 14.9 Å². The van der Waals surface area contributed by atoms with Crippen molar-refractivity contribution in [3.05, 3.63) is 39.8 Å². The predicted octanol–water partition coefficient (Wildman–Crippen LogP) is 4.72. The molecule has 1 saturated carbocycles. The summed E-state index contributed by atoms with van der Waals surface area (Å²) in [5, 5.41) is 16.6. The van der Waals surface area contributed by atoms with E-state index in [1.807, 2.05) is 0 Å². The van der Waals surface area contributed by atoms with E-state index in [1.165, 1.54) is 55.6 Å². The summed E-state index contributed by atoms with van der Waals surface area (Å²) in [7, 11) is 0. The minimum Gasteiger partial charge on any atom is -0.301 e. The number of hydrogen-bond acceptors (Lipinski definition) is 6. The second kappa shape index (κ2) is 8.44. The molecule has 25 heavy (non-hydrogen) atoms. The van der Waals surface area contributed by atoms with Crippen LogP contribution in [0.2, 0.25) is 0 Å². The van der Waals surface area contributed by atoms with Crippen molar-refractivity contribution >= 4 is 39.8 Å². The van der Waals surface area contributed by atoms with Crippen LogP contribution in [0, 0.1) is 10.1 Å². The van der Waals surface area contributed by atoms with Crippen molar-refractivity contribution in [1.82, 2.24) is 4.98 Å². The summed E-state index contributed by atoms with van der Waals surface area (Å²) < 4.78 is 0. The smallest absolute Gasteiger partial charge is 0.270 e. The number of nitro benzene ring substituents is 1. The van der Waals surface area contributed by atoms with Gasteiger partial charge in [-0.15, -0.1) is 23.1 Å². The number of anilines is 1. The third-order valence-electron chi connectivity index (χ3n) is 4.11. The maximum absolute atomic E-state index is 12.1. The number of thiazole rings is 1. The van der Waals surface area contributed by atoms with Gasteiger partial charge in [-0.25, -0.2) is 4.98 Å². The number of non-ortho nitro benzene ring substituents is 1. The lowest BCUT2D eigenvalue weighted by molar-refractivity contribution is -0.384. The number of nitro groups is 1. The lowest BCUT2D eigenvalue weighted by Gasteiger charge is -2.20. The zero-order chi connectivity index (χ0) is 17.6. The van der Waals surface area contributed by atoms with E-state index in [0.717, 1.165) is 0 Å². The van der Waals surface area contributed by atoms with Gasteiger partial charge in [0.15, 0.2) is 5.13 Å². The van der Waals surface area contributed by atoms with Crippen molar-refractivity contribution in [3.8, 4) is 11.3 Å². The van der Waals surface area contributed by atoms with E-state index < -0.39 is 4.92 Å². The summed E-state index contributed by atoms with van der Waals surface area (Å²) in [4.78, 5) is 26.9. The van der Waals surface area contributed by atoms with E-state index in [1.54, 1.807) is 29.3 Å². The number of amides is 1. The first-order valence-corrected chi connectivity index (χ1v) is 10.2. The Kier molecular flexibility index (Phi) is 6.04. The Balaban J connectivity index is 1.56. The Hall–Kier alpha value is -1.93. The van der Waals surface area contributed by atoms with Crippen LogP contribution in [-0.2, 0) is 4.79 Å². The highest BCUT2D eigenvalue weighted by atomic mass is 32.2. The average Bonchev–Trinajstić information content (AvgIpc) is 3.09. The Morgan fingerprint density at radius 2 is 2.16 bits per heavy atom. The molecule has 1 aliphatic rings. The molecule has 0 atom stereocenters. The molecular weight excluding hydrogens is 358 g/mol. The first-order valence-electron chi connectivity index (χ1n) is 8.23. The number of hydrogen-bond donors (Lipinski definition) is 1. The molecule has 0 spiro atoms. The van der Waals surface area contributed by atoms with Gasteiger partial charge in [-0.1, -0.05) is 31.4 Å². The Labute approximate surface area is 154 Å². The summed E-state index contributed by atoms with van der Waals surface area (Å²) >= 11 is 3.05. The fourth-order valence-electron chi connectivity index (χ4n) is 2.82. The van der Waals surface area contributed by atoms with Crippen LogP contribution >= 0.6 is 23.1 Å². The molecule has 1 aromatic carbocycles. The van der Waals surface area contributed by atoms with E-state index in [2.05, 4.69) is 10.3 Å². The van der Waals surface area contributed by atoms with Gasteiger partial charge in [-0.3, -0.25) is 14.9 Å². The molecule has 0 bridgehead atoms. The lowest BCUT2D eigenvalue weighted by atomic mass is 10.0. The summed E-state index contributed by atoms with van der Waals surface area (Å²) in [6.45, 7) is 0. The van der Waals surface area contributed by atoms with Crippen molar-refractivity contribution in [2.75, 3.05) is 11.1 Å². The fourth-order valence-corrected chi connectivity index (χ4v) is 4.69. The molecule has 2 aromatic rings. The van der Waals surface area contributed by atoms with Crippen molar-refractivity contribution in [3.63, 3.8) is 0 Å². The van der Waals surface area contributed by atoms with Crippen molar-refractivity contribution < 1.29 is 9.72 Å². The molecule has 1 heterocycles. The van der Waals surface area contributed by atoms with Crippen LogP contribution in [0.1, 0.15) is 32.1 Å². The molecule has 1 fully saturated rings. The summed E-state index contributed by atoms with van der Waals surface area (Å²) in [6, 6.07) is 6.33. The minimum absolute atomic E-state index is 0.0277. The largest absolute Gasteiger partial charge is 0.301 e. The maximum atomic E-state index is 12.1. The normalized spacial score (nSPS) is 15.0. The van der Waals surface area contributed by atoms with Crippen LogP contribution in [0.5, 0.6) is 0 Å². The quantitative estimate of drug-likeness (QED) is 0.581. The number of benzene rings is 1. The van der Waals surface area contributed by atoms with Crippen molar-refractivity contribution in [2.24, 2.45) is 0 Å². The van der Waals surface area contributed by atoms with Crippen LogP contribution in [0.3, 0.4) is 0 Å². The highest BCUT2D eigenvalue weighted by Crippen LogP contribution is 2.29. The number of nitrogens with zero attached hydrogens (tertiary/aromatic N) is 2. The summed E-state index contributed by atoms with van der Waals surface area (Å²) in [5.41, 5.74) is 1.33. The highest BCUT2D eigenvalue weighted by molar-refractivity contribution is 8.00. The van der Waals surface area contributed by atoms with Crippen LogP contribution in [0.25, 0.3) is 11.3 Å². The van der Waals surface area contributed by atoms with Gasteiger partial charge in [-0.2, -0.15) is 0 Å². The zero-order valence-corrected chi connectivity index (χ0v) is 15.3. The number of carbonyl (C=O) groups excluding carboxylic acids is 1. The molecular formula is C17H19N3O3S2. The van der Waals surface area contributed by atoms with Gasteiger partial charge in [0.2, 0.25) is 5.91 Å². The standard InChI is InChI=1S/C17H19N3O3S2/c21-16(11-24-14-7-2-1-3-8-14)19-17-18-15(10-25-17)12-5-4-6-13(9-12)20(22)23/h4-6,9-10,14H,1-3,7-8,11H2,(H,18,19,21). The Morgan fingerprint density at radius 1 is 1.36 bits per heavy atom. The van der Waals surface area contributed by atoms with E-state index in [-0.39, 0.29) is 11.6 Å². The van der Waals surface area contributed by atoms with Crippen molar-refractivity contribution in [2.45, 2.75) is 37.4 Å². The molecule has 0 saturated heterocycles. The highest BCUT2D eigenvalue weighted by Gasteiger charge is 2.16. The van der Waals surface area contributed by atoms with Gasteiger partial charge in [-0.05, 0) is 12.8 Å². The zero-order valence-electron chi connectivity index (χ0n) is 13.6. The number of rotatable bonds is 6. The first kappa shape index (κ1) is 17.9. The second-order valence-corrected chi connectivity index (χ2v) is 8.11. The minimum atomic E-state index is -0.430. The van der Waals surface area contributed by atoms with E-state index in [4.69, 9.17) is 0 Å². The Bertz CT molecular complexity index is 757. The number of thioether (sulfide) groups is 1. The van der Waals surface area contributed by atoms with Gasteiger partial charge in [0.25, 0.3) is 5.69 Å². The molecule has 1 aliphatic carbocycles. The third-order valence-corrected chi connectivity index (χ3v) is 6.23. The van der Waals surface area contributed by atoms with Gasteiger partial charge >= 0.3 is 0 Å².